The third-order valence-corrected chi connectivity index (χ3v) is 3.03. The fourth-order valence-corrected chi connectivity index (χ4v) is 1.97. The third-order valence-electron chi connectivity index (χ3n) is 3.03. The van der Waals surface area contributed by atoms with Crippen molar-refractivity contribution in [3.8, 4) is 11.5 Å². The lowest BCUT2D eigenvalue weighted by Crippen LogP contribution is -2.15. The van der Waals surface area contributed by atoms with Crippen LogP contribution in [0.2, 0.25) is 0 Å². The molecule has 0 amide bonds. The number of hydrogen-bond acceptors (Lipinski definition) is 4. The van der Waals surface area contributed by atoms with Crippen molar-refractivity contribution in [3.05, 3.63) is 53.3 Å². The SMILES string of the molecule is COc1ccc(OC)c(C(N)c2cc(C)ccn2)c1. The summed E-state index contributed by atoms with van der Waals surface area (Å²) in [7, 11) is 3.25. The summed E-state index contributed by atoms with van der Waals surface area (Å²) in [6, 6.07) is 9.16. The highest BCUT2D eigenvalue weighted by Crippen LogP contribution is 2.31. The molecule has 2 N–H and O–H groups in total. The fourth-order valence-electron chi connectivity index (χ4n) is 1.97. The van der Waals surface area contributed by atoms with E-state index in [1.54, 1.807) is 20.4 Å². The number of aryl methyl sites for hydroxylation is 1. The first-order valence-corrected chi connectivity index (χ1v) is 6.05. The van der Waals surface area contributed by atoms with E-state index >= 15 is 0 Å². The van der Waals surface area contributed by atoms with E-state index in [0.717, 1.165) is 28.3 Å². The quantitative estimate of drug-likeness (QED) is 0.915. The minimum atomic E-state index is -0.343. The molecule has 0 aliphatic rings. The largest absolute Gasteiger partial charge is 0.497 e. The summed E-state index contributed by atoms with van der Waals surface area (Å²) in [4.78, 5) is 4.33. The molecule has 1 aromatic heterocycles. The average Bonchev–Trinajstić information content (AvgIpc) is 2.45. The Labute approximate surface area is 113 Å². The molecule has 0 aliphatic heterocycles. The number of nitrogens with two attached hydrogens (primary N) is 1. The highest BCUT2D eigenvalue weighted by atomic mass is 16.5. The van der Waals surface area contributed by atoms with Crippen molar-refractivity contribution < 1.29 is 9.47 Å². The van der Waals surface area contributed by atoms with Gasteiger partial charge >= 0.3 is 0 Å². The Balaban J connectivity index is 2.44. The first kappa shape index (κ1) is 13.4. The third kappa shape index (κ3) is 2.85. The van der Waals surface area contributed by atoms with Crippen LogP contribution in [0.5, 0.6) is 11.5 Å². The van der Waals surface area contributed by atoms with Gasteiger partial charge in [-0.25, -0.2) is 0 Å². The zero-order valence-electron chi connectivity index (χ0n) is 11.4. The van der Waals surface area contributed by atoms with Crippen LogP contribution in [0.1, 0.15) is 22.9 Å². The van der Waals surface area contributed by atoms with Gasteiger partial charge in [0.05, 0.1) is 26.0 Å². The van der Waals surface area contributed by atoms with Crippen LogP contribution in [0.15, 0.2) is 36.5 Å². The molecule has 19 heavy (non-hydrogen) atoms. The van der Waals surface area contributed by atoms with E-state index in [1.807, 2.05) is 37.3 Å². The first-order chi connectivity index (χ1) is 9.15. The molecular formula is C15H18N2O2. The Morgan fingerprint density at radius 3 is 2.53 bits per heavy atom. The molecule has 0 fully saturated rings. The number of hydrogen-bond donors (Lipinski definition) is 1. The number of nitrogens with zero attached hydrogens (tertiary/aromatic N) is 1. The molecule has 1 atom stereocenters. The van der Waals surface area contributed by atoms with Crippen LogP contribution in [0, 0.1) is 6.92 Å². The Morgan fingerprint density at radius 1 is 1.11 bits per heavy atom. The number of methoxy groups -OCH3 is 2. The van der Waals surface area contributed by atoms with Crippen LogP contribution in [-0.4, -0.2) is 19.2 Å². The van der Waals surface area contributed by atoms with Crippen LogP contribution in [0.25, 0.3) is 0 Å². The molecule has 4 nitrogen and oxygen atoms in total. The lowest BCUT2D eigenvalue weighted by molar-refractivity contribution is 0.397. The summed E-state index contributed by atoms with van der Waals surface area (Å²) in [6.45, 7) is 2.01. The van der Waals surface area contributed by atoms with Crippen LogP contribution in [0.3, 0.4) is 0 Å². The van der Waals surface area contributed by atoms with Gasteiger partial charge in [0.1, 0.15) is 11.5 Å². The Morgan fingerprint density at radius 2 is 1.89 bits per heavy atom. The maximum Gasteiger partial charge on any atom is 0.124 e. The van der Waals surface area contributed by atoms with Crippen LogP contribution < -0.4 is 15.2 Å². The summed E-state index contributed by atoms with van der Waals surface area (Å²) in [5.74, 6) is 1.48. The highest BCUT2D eigenvalue weighted by Gasteiger charge is 2.16. The number of aromatic nitrogens is 1. The predicted molar refractivity (Wildman–Crippen MR) is 74.6 cm³/mol. The van der Waals surface area contributed by atoms with Crippen LogP contribution >= 0.6 is 0 Å². The number of ether oxygens (including phenoxy) is 2. The van der Waals surface area contributed by atoms with Gasteiger partial charge in [-0.05, 0) is 42.8 Å². The van der Waals surface area contributed by atoms with Crippen molar-refractivity contribution in [1.82, 2.24) is 4.98 Å². The van der Waals surface area contributed by atoms with Crippen LogP contribution in [0.4, 0.5) is 0 Å². The van der Waals surface area contributed by atoms with Gasteiger partial charge in [0.25, 0.3) is 0 Å². The predicted octanol–water partition coefficient (Wildman–Crippen LogP) is 2.46. The van der Waals surface area contributed by atoms with E-state index in [1.165, 1.54) is 0 Å². The van der Waals surface area contributed by atoms with Gasteiger partial charge in [0.2, 0.25) is 0 Å². The Kier molecular flexibility index (Phi) is 4.02. The van der Waals surface area contributed by atoms with E-state index in [4.69, 9.17) is 15.2 Å². The molecule has 4 heteroatoms. The van der Waals surface area contributed by atoms with Crippen molar-refractivity contribution in [1.29, 1.82) is 0 Å². The van der Waals surface area contributed by atoms with Crippen LogP contribution in [-0.2, 0) is 0 Å². The van der Waals surface area contributed by atoms with Crippen molar-refractivity contribution in [3.63, 3.8) is 0 Å². The first-order valence-electron chi connectivity index (χ1n) is 6.05. The second-order valence-electron chi connectivity index (χ2n) is 4.34. The van der Waals surface area contributed by atoms with Gasteiger partial charge in [0.15, 0.2) is 0 Å². The maximum atomic E-state index is 6.29. The van der Waals surface area contributed by atoms with Crippen molar-refractivity contribution in [2.75, 3.05) is 14.2 Å². The minimum absolute atomic E-state index is 0.343. The van der Waals surface area contributed by atoms with Gasteiger partial charge in [-0.1, -0.05) is 0 Å². The molecule has 100 valence electrons. The normalized spacial score (nSPS) is 12.0. The molecule has 0 saturated heterocycles. The van der Waals surface area contributed by atoms with Gasteiger partial charge in [-0.3, -0.25) is 4.98 Å². The van der Waals surface area contributed by atoms with Gasteiger partial charge < -0.3 is 15.2 Å². The zero-order valence-corrected chi connectivity index (χ0v) is 11.4. The van der Waals surface area contributed by atoms with E-state index < -0.39 is 0 Å². The van der Waals surface area contributed by atoms with E-state index in [0.29, 0.717) is 0 Å². The molecule has 0 bridgehead atoms. The van der Waals surface area contributed by atoms with E-state index in [-0.39, 0.29) is 6.04 Å². The standard InChI is InChI=1S/C15H18N2O2/c1-10-6-7-17-13(8-10)15(16)12-9-11(18-2)4-5-14(12)19-3/h4-9,15H,16H2,1-3H3. The smallest absolute Gasteiger partial charge is 0.124 e. The molecule has 0 spiro atoms. The lowest BCUT2D eigenvalue weighted by Gasteiger charge is -2.16. The summed E-state index contributed by atoms with van der Waals surface area (Å²) in [5.41, 5.74) is 9.09. The van der Waals surface area contributed by atoms with Crippen molar-refractivity contribution in [2.24, 2.45) is 5.73 Å². The lowest BCUT2D eigenvalue weighted by atomic mass is 10.0. The fraction of sp³-hybridized carbons (Fsp3) is 0.267. The monoisotopic (exact) mass is 258 g/mol. The van der Waals surface area contributed by atoms with E-state index in [9.17, 15) is 0 Å². The molecule has 2 rings (SSSR count). The second kappa shape index (κ2) is 5.71. The molecule has 0 radical (unpaired) electrons. The summed E-state index contributed by atoms with van der Waals surface area (Å²) < 4.78 is 10.6. The zero-order chi connectivity index (χ0) is 13.8. The Hall–Kier alpha value is -2.07. The molecule has 2 aromatic rings. The van der Waals surface area contributed by atoms with Gasteiger partial charge in [0, 0.05) is 11.8 Å². The average molecular weight is 258 g/mol. The van der Waals surface area contributed by atoms with Gasteiger partial charge in [-0.15, -0.1) is 0 Å². The Bertz CT molecular complexity index is 570. The van der Waals surface area contributed by atoms with Crippen molar-refractivity contribution in [2.45, 2.75) is 13.0 Å². The second-order valence-corrected chi connectivity index (χ2v) is 4.34. The molecular weight excluding hydrogens is 240 g/mol. The molecule has 1 heterocycles. The summed E-state index contributed by atoms with van der Waals surface area (Å²) in [5, 5.41) is 0. The maximum absolute atomic E-state index is 6.29. The number of pyridine rings is 1. The molecule has 1 aromatic carbocycles. The van der Waals surface area contributed by atoms with E-state index in [2.05, 4.69) is 4.98 Å². The number of rotatable bonds is 4. The summed E-state index contributed by atoms with van der Waals surface area (Å²) >= 11 is 0. The topological polar surface area (TPSA) is 57.4 Å². The minimum Gasteiger partial charge on any atom is -0.497 e. The molecule has 0 aliphatic carbocycles. The summed E-state index contributed by atoms with van der Waals surface area (Å²) in [6.07, 6.45) is 1.76. The molecule has 0 saturated carbocycles. The highest BCUT2D eigenvalue weighted by molar-refractivity contribution is 5.45. The van der Waals surface area contributed by atoms with Crippen molar-refractivity contribution >= 4 is 0 Å². The molecule has 1 unspecified atom stereocenters. The number of benzene rings is 1. The van der Waals surface area contributed by atoms with Gasteiger partial charge in [-0.2, -0.15) is 0 Å².